The molecule has 3 rings (SSSR count). The Morgan fingerprint density at radius 3 is 2.80 bits per heavy atom. The first-order valence-corrected chi connectivity index (χ1v) is 7.93. The summed E-state index contributed by atoms with van der Waals surface area (Å²) < 4.78 is 10.4. The number of esters is 1. The monoisotopic (exact) mass is 338 g/mol. The molecule has 0 fully saturated rings. The summed E-state index contributed by atoms with van der Waals surface area (Å²) in [4.78, 5) is 24.2. The third-order valence-corrected chi connectivity index (χ3v) is 3.73. The van der Waals surface area contributed by atoms with Crippen LogP contribution in [0.3, 0.4) is 0 Å². The van der Waals surface area contributed by atoms with E-state index in [1.54, 1.807) is 12.1 Å². The molecule has 6 nitrogen and oxygen atoms in total. The molecule has 0 spiro atoms. The topological polar surface area (TPSA) is 81.4 Å². The number of para-hydroxylation sites is 1. The lowest BCUT2D eigenvalue weighted by Gasteiger charge is -2.13. The summed E-state index contributed by atoms with van der Waals surface area (Å²) >= 11 is 0. The predicted octanol–water partition coefficient (Wildman–Crippen LogP) is 3.25. The lowest BCUT2D eigenvalue weighted by atomic mass is 10.2. The van der Waals surface area contributed by atoms with Crippen molar-refractivity contribution in [1.29, 1.82) is 0 Å². The summed E-state index contributed by atoms with van der Waals surface area (Å²) in [6.45, 7) is 3.46. The fraction of sp³-hybridized carbons (Fsp3) is 0.211. The molecule has 0 aliphatic heterocycles. The highest BCUT2D eigenvalue weighted by Crippen LogP contribution is 2.18. The van der Waals surface area contributed by atoms with Crippen molar-refractivity contribution in [3.63, 3.8) is 0 Å². The lowest BCUT2D eigenvalue weighted by Crippen LogP contribution is -2.30. The van der Waals surface area contributed by atoms with Gasteiger partial charge in [-0.05, 0) is 43.7 Å². The summed E-state index contributed by atoms with van der Waals surface area (Å²) in [5.41, 5.74) is 2.79. The molecule has 0 aliphatic carbocycles. The lowest BCUT2D eigenvalue weighted by molar-refractivity contribution is -0.152. The Labute approximate surface area is 144 Å². The average Bonchev–Trinajstić information content (AvgIpc) is 2.98. The molecule has 1 aromatic heterocycles. The zero-order valence-corrected chi connectivity index (χ0v) is 14.0. The first kappa shape index (κ1) is 16.7. The molecule has 1 heterocycles. The zero-order chi connectivity index (χ0) is 17.8. The number of hydrogen-bond donors (Lipinski definition) is 1. The Kier molecular flexibility index (Phi) is 4.79. The van der Waals surface area contributed by atoms with E-state index in [1.165, 1.54) is 6.92 Å². The van der Waals surface area contributed by atoms with Gasteiger partial charge in [0.2, 0.25) is 0 Å². The maximum absolute atomic E-state index is 12.2. The van der Waals surface area contributed by atoms with E-state index < -0.39 is 12.1 Å². The fourth-order valence-electron chi connectivity index (χ4n) is 2.46. The number of anilines is 1. The Balaban J connectivity index is 1.59. The van der Waals surface area contributed by atoms with Crippen molar-refractivity contribution in [2.45, 2.75) is 26.4 Å². The molecule has 3 aromatic rings. The molecule has 1 N–H and O–H groups in total. The van der Waals surface area contributed by atoms with Crippen LogP contribution in [0.25, 0.3) is 11.0 Å². The summed E-state index contributed by atoms with van der Waals surface area (Å²) in [5, 5.41) is 7.38. The number of hydrogen-bond acceptors (Lipinski definition) is 5. The number of amides is 1. The highest BCUT2D eigenvalue weighted by molar-refractivity contribution is 5.95. The Bertz CT molecular complexity index is 916. The summed E-state index contributed by atoms with van der Waals surface area (Å²) in [6, 6.07) is 14.7. The van der Waals surface area contributed by atoms with Crippen LogP contribution in [-0.2, 0) is 20.7 Å². The normalized spacial score (nSPS) is 11.9. The molecular weight excluding hydrogens is 320 g/mol. The zero-order valence-electron chi connectivity index (χ0n) is 14.0. The number of ether oxygens (including phenoxy) is 1. The molecule has 0 radical (unpaired) electrons. The summed E-state index contributed by atoms with van der Waals surface area (Å²) in [5.74, 6) is -0.921. The predicted molar refractivity (Wildman–Crippen MR) is 93.1 cm³/mol. The quantitative estimate of drug-likeness (QED) is 0.722. The Morgan fingerprint density at radius 1 is 1.20 bits per heavy atom. The Hall–Kier alpha value is -3.15. The number of aromatic nitrogens is 1. The van der Waals surface area contributed by atoms with Gasteiger partial charge in [0.05, 0.1) is 6.42 Å². The van der Waals surface area contributed by atoms with Gasteiger partial charge in [0.1, 0.15) is 5.69 Å². The number of nitrogens with zero attached hydrogens (tertiary/aromatic N) is 1. The standard InChI is InChI=1S/C19H18N2O4/c1-12-6-5-7-14(10-12)20-19(23)13(2)24-18(22)11-16-15-8-3-4-9-17(15)25-21-16/h3-10,13H,11H2,1-2H3,(H,20,23)/t13-/m1/s1. The van der Waals surface area contributed by atoms with Gasteiger partial charge < -0.3 is 14.6 Å². The van der Waals surface area contributed by atoms with Crippen LogP contribution >= 0.6 is 0 Å². The minimum atomic E-state index is -0.911. The second-order valence-electron chi connectivity index (χ2n) is 5.79. The second kappa shape index (κ2) is 7.17. The molecule has 0 saturated heterocycles. The third kappa shape index (κ3) is 4.03. The van der Waals surface area contributed by atoms with Gasteiger partial charge in [0, 0.05) is 11.1 Å². The van der Waals surface area contributed by atoms with Crippen molar-refractivity contribution >= 4 is 28.5 Å². The van der Waals surface area contributed by atoms with E-state index in [4.69, 9.17) is 9.26 Å². The van der Waals surface area contributed by atoms with Gasteiger partial charge in [-0.25, -0.2) is 0 Å². The molecule has 1 amide bonds. The fourth-order valence-corrected chi connectivity index (χ4v) is 2.46. The van der Waals surface area contributed by atoms with Crippen LogP contribution in [0.2, 0.25) is 0 Å². The molecule has 0 unspecified atom stereocenters. The summed E-state index contributed by atoms with van der Waals surface area (Å²) in [6.07, 6.45) is -0.967. The van der Waals surface area contributed by atoms with Gasteiger partial charge in [-0.15, -0.1) is 0 Å². The molecule has 0 bridgehead atoms. The molecule has 1 atom stereocenters. The number of nitrogens with one attached hydrogen (secondary N) is 1. The molecule has 128 valence electrons. The van der Waals surface area contributed by atoms with E-state index in [0.717, 1.165) is 10.9 Å². The van der Waals surface area contributed by atoms with E-state index in [9.17, 15) is 9.59 Å². The maximum Gasteiger partial charge on any atom is 0.312 e. The highest BCUT2D eigenvalue weighted by Gasteiger charge is 2.20. The second-order valence-corrected chi connectivity index (χ2v) is 5.79. The van der Waals surface area contributed by atoms with Crippen LogP contribution < -0.4 is 5.32 Å². The van der Waals surface area contributed by atoms with E-state index in [2.05, 4.69) is 10.5 Å². The first-order valence-electron chi connectivity index (χ1n) is 7.93. The Morgan fingerprint density at radius 2 is 2.00 bits per heavy atom. The number of aryl methyl sites for hydroxylation is 1. The van der Waals surface area contributed by atoms with Crippen LogP contribution in [0.4, 0.5) is 5.69 Å². The van der Waals surface area contributed by atoms with E-state index in [0.29, 0.717) is 17.0 Å². The van der Waals surface area contributed by atoms with Crippen molar-refractivity contribution in [3.8, 4) is 0 Å². The summed E-state index contributed by atoms with van der Waals surface area (Å²) in [7, 11) is 0. The SMILES string of the molecule is Cc1cccc(NC(=O)[C@@H](C)OC(=O)Cc2noc3ccccc23)c1. The van der Waals surface area contributed by atoms with E-state index >= 15 is 0 Å². The number of rotatable bonds is 5. The molecule has 6 heteroatoms. The van der Waals surface area contributed by atoms with Crippen LogP contribution in [0.5, 0.6) is 0 Å². The number of carbonyl (C=O) groups is 2. The molecule has 2 aromatic carbocycles. The minimum Gasteiger partial charge on any atom is -0.452 e. The van der Waals surface area contributed by atoms with Gasteiger partial charge in [0.25, 0.3) is 5.91 Å². The number of benzene rings is 2. The maximum atomic E-state index is 12.2. The van der Waals surface area contributed by atoms with Crippen LogP contribution in [0, 0.1) is 6.92 Å². The smallest absolute Gasteiger partial charge is 0.312 e. The molecular formula is C19H18N2O4. The number of carbonyl (C=O) groups excluding carboxylic acids is 2. The van der Waals surface area contributed by atoms with Gasteiger partial charge in [-0.2, -0.15) is 0 Å². The van der Waals surface area contributed by atoms with Crippen LogP contribution in [0.1, 0.15) is 18.2 Å². The third-order valence-electron chi connectivity index (χ3n) is 3.73. The molecule has 0 saturated carbocycles. The van der Waals surface area contributed by atoms with Crippen LogP contribution in [0.15, 0.2) is 53.1 Å². The highest BCUT2D eigenvalue weighted by atomic mass is 16.5. The van der Waals surface area contributed by atoms with Crippen molar-refractivity contribution in [1.82, 2.24) is 5.16 Å². The number of fused-ring (bicyclic) bond motifs is 1. The minimum absolute atomic E-state index is 0.0565. The van der Waals surface area contributed by atoms with Crippen molar-refractivity contribution < 1.29 is 18.8 Å². The van der Waals surface area contributed by atoms with Crippen LogP contribution in [-0.4, -0.2) is 23.1 Å². The van der Waals surface area contributed by atoms with E-state index in [-0.39, 0.29) is 12.3 Å². The van der Waals surface area contributed by atoms with E-state index in [1.807, 2.05) is 43.3 Å². The molecule has 0 aliphatic rings. The van der Waals surface area contributed by atoms with Crippen molar-refractivity contribution in [2.24, 2.45) is 0 Å². The van der Waals surface area contributed by atoms with Gasteiger partial charge in [-0.3, -0.25) is 9.59 Å². The van der Waals surface area contributed by atoms with Gasteiger partial charge >= 0.3 is 5.97 Å². The largest absolute Gasteiger partial charge is 0.452 e. The van der Waals surface area contributed by atoms with Gasteiger partial charge in [-0.1, -0.05) is 29.4 Å². The van der Waals surface area contributed by atoms with Crippen molar-refractivity contribution in [3.05, 3.63) is 59.8 Å². The van der Waals surface area contributed by atoms with Gasteiger partial charge in [0.15, 0.2) is 11.7 Å². The first-order chi connectivity index (χ1) is 12.0. The molecule has 25 heavy (non-hydrogen) atoms. The average molecular weight is 338 g/mol. The van der Waals surface area contributed by atoms with Crippen molar-refractivity contribution in [2.75, 3.05) is 5.32 Å².